The molecule has 0 fully saturated rings. The van der Waals surface area contributed by atoms with Gasteiger partial charge < -0.3 is 4.74 Å². The van der Waals surface area contributed by atoms with Crippen LogP contribution in [0.2, 0.25) is 0 Å². The number of unbranched alkanes of at least 4 members (excludes halogenated alkanes) is 4. The van der Waals surface area contributed by atoms with Gasteiger partial charge in [0.25, 0.3) is 0 Å². The average molecular weight is 240 g/mol. The number of allylic oxidation sites excluding steroid dienone is 1. The molecule has 0 rings (SSSR count). The Labute approximate surface area is 106 Å². The van der Waals surface area contributed by atoms with E-state index in [0.717, 1.165) is 43.3 Å². The van der Waals surface area contributed by atoms with Crippen LogP contribution >= 0.6 is 0 Å². The van der Waals surface area contributed by atoms with Crippen LogP contribution in [0.1, 0.15) is 72.6 Å². The van der Waals surface area contributed by atoms with E-state index in [-0.39, 0.29) is 5.97 Å². The first kappa shape index (κ1) is 16.2. The van der Waals surface area contributed by atoms with Crippen LogP contribution in [-0.4, -0.2) is 12.6 Å². The zero-order valence-corrected chi connectivity index (χ0v) is 12.0. The summed E-state index contributed by atoms with van der Waals surface area (Å²) in [6.45, 7) is 8.87. The molecule has 17 heavy (non-hydrogen) atoms. The van der Waals surface area contributed by atoms with E-state index >= 15 is 0 Å². The normalized spacial score (nSPS) is 10.1. The summed E-state index contributed by atoms with van der Waals surface area (Å²) in [7, 11) is 0. The minimum absolute atomic E-state index is 0.102. The summed E-state index contributed by atoms with van der Waals surface area (Å²) in [6.07, 6.45) is 7.61. The van der Waals surface area contributed by atoms with Crippen LogP contribution < -0.4 is 0 Å². The standard InChI is InChI=1S/C15H28O2/c1-5-7-9-10-12-17-15(16)14(13(3)4)11-8-6-2/h5-12H2,1-4H3. The van der Waals surface area contributed by atoms with Crippen molar-refractivity contribution in [1.82, 2.24) is 0 Å². The average Bonchev–Trinajstić information content (AvgIpc) is 2.29. The molecule has 0 aliphatic heterocycles. The van der Waals surface area contributed by atoms with Crippen molar-refractivity contribution < 1.29 is 9.53 Å². The van der Waals surface area contributed by atoms with E-state index in [1.807, 2.05) is 13.8 Å². The number of carbonyl (C=O) groups is 1. The van der Waals surface area contributed by atoms with Gasteiger partial charge in [-0.15, -0.1) is 0 Å². The molecule has 0 spiro atoms. The first-order chi connectivity index (χ1) is 8.13. The molecule has 0 aromatic heterocycles. The molecular weight excluding hydrogens is 212 g/mol. The molecule has 100 valence electrons. The lowest BCUT2D eigenvalue weighted by molar-refractivity contribution is -0.139. The highest BCUT2D eigenvalue weighted by atomic mass is 16.5. The van der Waals surface area contributed by atoms with Crippen LogP contribution in [0.15, 0.2) is 11.1 Å². The molecule has 0 aliphatic rings. The van der Waals surface area contributed by atoms with Crippen LogP contribution in [0.25, 0.3) is 0 Å². The monoisotopic (exact) mass is 240 g/mol. The maximum atomic E-state index is 11.8. The van der Waals surface area contributed by atoms with E-state index in [4.69, 9.17) is 4.74 Å². The summed E-state index contributed by atoms with van der Waals surface area (Å²) in [5.74, 6) is -0.102. The van der Waals surface area contributed by atoms with Crippen molar-refractivity contribution >= 4 is 5.97 Å². The van der Waals surface area contributed by atoms with Crippen LogP contribution in [0, 0.1) is 0 Å². The quantitative estimate of drug-likeness (QED) is 0.333. The van der Waals surface area contributed by atoms with E-state index in [2.05, 4.69) is 13.8 Å². The van der Waals surface area contributed by atoms with E-state index in [9.17, 15) is 4.79 Å². The molecule has 0 N–H and O–H groups in total. The number of esters is 1. The lowest BCUT2D eigenvalue weighted by atomic mass is 10.0. The molecule has 0 saturated carbocycles. The van der Waals surface area contributed by atoms with Crippen LogP contribution in [0.5, 0.6) is 0 Å². The fraction of sp³-hybridized carbons (Fsp3) is 0.800. The fourth-order valence-corrected chi connectivity index (χ4v) is 1.69. The van der Waals surface area contributed by atoms with Crippen molar-refractivity contribution in [1.29, 1.82) is 0 Å². The highest BCUT2D eigenvalue weighted by Gasteiger charge is 2.11. The predicted molar refractivity (Wildman–Crippen MR) is 73.0 cm³/mol. The minimum atomic E-state index is -0.102. The van der Waals surface area contributed by atoms with E-state index in [0.29, 0.717) is 6.61 Å². The van der Waals surface area contributed by atoms with Gasteiger partial charge in [-0.1, -0.05) is 45.1 Å². The van der Waals surface area contributed by atoms with Gasteiger partial charge in [-0.3, -0.25) is 0 Å². The van der Waals surface area contributed by atoms with Gasteiger partial charge in [-0.2, -0.15) is 0 Å². The van der Waals surface area contributed by atoms with Crippen molar-refractivity contribution in [3.8, 4) is 0 Å². The lowest BCUT2D eigenvalue weighted by Gasteiger charge is -2.09. The Bertz CT molecular complexity index is 237. The van der Waals surface area contributed by atoms with Gasteiger partial charge in [0.2, 0.25) is 0 Å². The zero-order valence-electron chi connectivity index (χ0n) is 12.0. The summed E-state index contributed by atoms with van der Waals surface area (Å²) >= 11 is 0. The molecule has 0 bridgehead atoms. The van der Waals surface area contributed by atoms with Crippen molar-refractivity contribution in [2.24, 2.45) is 0 Å². The molecule has 0 unspecified atom stereocenters. The van der Waals surface area contributed by atoms with Gasteiger partial charge >= 0.3 is 5.97 Å². The highest BCUT2D eigenvalue weighted by Crippen LogP contribution is 2.14. The van der Waals surface area contributed by atoms with Crippen LogP contribution in [0.4, 0.5) is 0 Å². The maximum Gasteiger partial charge on any atom is 0.333 e. The molecule has 0 amide bonds. The van der Waals surface area contributed by atoms with Gasteiger partial charge in [-0.25, -0.2) is 4.79 Å². The summed E-state index contributed by atoms with van der Waals surface area (Å²) in [5, 5.41) is 0. The number of carbonyl (C=O) groups excluding carboxylic acids is 1. The molecule has 0 aromatic rings. The van der Waals surface area contributed by atoms with Gasteiger partial charge in [0.05, 0.1) is 6.61 Å². The Morgan fingerprint density at radius 2 is 1.59 bits per heavy atom. The summed E-state index contributed by atoms with van der Waals surface area (Å²) in [5.41, 5.74) is 1.97. The molecule has 0 atom stereocenters. The fourth-order valence-electron chi connectivity index (χ4n) is 1.69. The van der Waals surface area contributed by atoms with Crippen molar-refractivity contribution in [2.75, 3.05) is 6.61 Å². The lowest BCUT2D eigenvalue weighted by Crippen LogP contribution is -2.10. The van der Waals surface area contributed by atoms with Gasteiger partial charge in [0.1, 0.15) is 0 Å². The minimum Gasteiger partial charge on any atom is -0.462 e. The van der Waals surface area contributed by atoms with Gasteiger partial charge in [0.15, 0.2) is 0 Å². The van der Waals surface area contributed by atoms with Crippen molar-refractivity contribution in [2.45, 2.75) is 72.6 Å². The second kappa shape index (κ2) is 10.4. The van der Waals surface area contributed by atoms with E-state index in [1.54, 1.807) is 0 Å². The molecular formula is C15H28O2. The largest absolute Gasteiger partial charge is 0.462 e. The Balaban J connectivity index is 3.95. The molecule has 2 heteroatoms. The first-order valence-corrected chi connectivity index (χ1v) is 6.96. The topological polar surface area (TPSA) is 26.3 Å². The molecule has 0 heterocycles. The Morgan fingerprint density at radius 3 is 2.12 bits per heavy atom. The second-order valence-electron chi connectivity index (χ2n) is 4.78. The molecule has 0 radical (unpaired) electrons. The third kappa shape index (κ3) is 8.00. The first-order valence-electron chi connectivity index (χ1n) is 6.96. The maximum absolute atomic E-state index is 11.8. The van der Waals surface area contributed by atoms with Gasteiger partial charge in [0, 0.05) is 5.57 Å². The van der Waals surface area contributed by atoms with E-state index in [1.165, 1.54) is 12.8 Å². The predicted octanol–water partition coefficient (Wildman–Crippen LogP) is 4.64. The third-order valence-corrected chi connectivity index (χ3v) is 2.86. The third-order valence-electron chi connectivity index (χ3n) is 2.86. The number of ether oxygens (including phenoxy) is 1. The van der Waals surface area contributed by atoms with Crippen molar-refractivity contribution in [3.63, 3.8) is 0 Å². The highest BCUT2D eigenvalue weighted by molar-refractivity contribution is 5.89. The summed E-state index contributed by atoms with van der Waals surface area (Å²) in [4.78, 5) is 11.8. The van der Waals surface area contributed by atoms with E-state index < -0.39 is 0 Å². The SMILES string of the molecule is CCCCCCOC(=O)C(CCCC)=C(C)C. The Hall–Kier alpha value is -0.790. The summed E-state index contributed by atoms with van der Waals surface area (Å²) < 4.78 is 5.31. The van der Waals surface area contributed by atoms with Crippen LogP contribution in [-0.2, 0) is 9.53 Å². The molecule has 2 nitrogen and oxygen atoms in total. The summed E-state index contributed by atoms with van der Waals surface area (Å²) in [6, 6.07) is 0. The number of hydrogen-bond acceptors (Lipinski definition) is 2. The zero-order chi connectivity index (χ0) is 13.1. The Morgan fingerprint density at radius 1 is 0.941 bits per heavy atom. The smallest absolute Gasteiger partial charge is 0.333 e. The van der Waals surface area contributed by atoms with Gasteiger partial charge in [-0.05, 0) is 33.1 Å². The molecule has 0 aromatic carbocycles. The number of rotatable bonds is 9. The number of hydrogen-bond donors (Lipinski definition) is 0. The Kier molecular flexibility index (Phi) is 9.89. The molecule has 0 aliphatic carbocycles. The molecule has 0 saturated heterocycles. The van der Waals surface area contributed by atoms with Crippen LogP contribution in [0.3, 0.4) is 0 Å². The second-order valence-corrected chi connectivity index (χ2v) is 4.78. The van der Waals surface area contributed by atoms with Crippen molar-refractivity contribution in [3.05, 3.63) is 11.1 Å².